The van der Waals surface area contributed by atoms with E-state index in [1.165, 1.54) is 33.4 Å². The summed E-state index contributed by atoms with van der Waals surface area (Å²) >= 11 is 0. The fourth-order valence-electron chi connectivity index (χ4n) is 6.09. The summed E-state index contributed by atoms with van der Waals surface area (Å²) in [6.07, 6.45) is 0. The van der Waals surface area contributed by atoms with Gasteiger partial charge < -0.3 is 19.6 Å². The third kappa shape index (κ3) is 5.16. The fraction of sp³-hybridized carbons (Fsp3) is 0.552. The number of carbonyl (C=O) groups is 1. The highest BCUT2D eigenvalue weighted by atomic mass is 16.2. The summed E-state index contributed by atoms with van der Waals surface area (Å²) in [5, 5.41) is 0. The molecule has 0 saturated carbocycles. The summed E-state index contributed by atoms with van der Waals surface area (Å²) in [5.74, 6) is 0. The van der Waals surface area contributed by atoms with Gasteiger partial charge in [-0.3, -0.25) is 9.80 Å². The zero-order valence-corrected chi connectivity index (χ0v) is 22.0. The first-order valence-corrected chi connectivity index (χ1v) is 13.6. The molecule has 0 radical (unpaired) electrons. The van der Waals surface area contributed by atoms with Crippen LogP contribution >= 0.6 is 0 Å². The Kier molecular flexibility index (Phi) is 6.73. The summed E-state index contributed by atoms with van der Waals surface area (Å²) in [6.45, 7) is 14.0. The number of rotatable bonds is 4. The van der Waals surface area contributed by atoms with Gasteiger partial charge in [0.15, 0.2) is 0 Å². The number of hydrogen-bond acceptors (Lipinski definition) is 5. The molecule has 0 aromatic heterocycles. The van der Waals surface area contributed by atoms with Crippen LogP contribution in [0.5, 0.6) is 0 Å². The quantitative estimate of drug-likeness (QED) is 0.662. The van der Waals surface area contributed by atoms with Crippen molar-refractivity contribution in [3.05, 3.63) is 69.8 Å². The van der Waals surface area contributed by atoms with Gasteiger partial charge in [0.25, 0.3) is 0 Å². The highest BCUT2D eigenvalue weighted by Gasteiger charge is 2.31. The van der Waals surface area contributed by atoms with E-state index < -0.39 is 0 Å². The molecule has 0 atom stereocenters. The lowest BCUT2D eigenvalue weighted by Crippen LogP contribution is -2.43. The number of carbonyl (C=O) groups excluding carboxylic acids is 1. The van der Waals surface area contributed by atoms with E-state index >= 15 is 0 Å². The van der Waals surface area contributed by atoms with Crippen LogP contribution in [0.3, 0.4) is 0 Å². The number of urea groups is 1. The highest BCUT2D eigenvalue weighted by molar-refractivity contribution is 5.76. The molecule has 2 aromatic carbocycles. The fourth-order valence-corrected chi connectivity index (χ4v) is 6.09. The van der Waals surface area contributed by atoms with Crippen molar-refractivity contribution >= 4 is 6.03 Å². The number of nitrogens with zero attached hydrogens (tertiary/aromatic N) is 6. The molecule has 6 rings (SSSR count). The Labute approximate surface area is 215 Å². The second-order valence-electron chi connectivity index (χ2n) is 11.4. The Morgan fingerprint density at radius 3 is 1.39 bits per heavy atom. The first-order valence-electron chi connectivity index (χ1n) is 13.6. The van der Waals surface area contributed by atoms with Gasteiger partial charge >= 0.3 is 6.03 Å². The minimum absolute atomic E-state index is 0.170. The normalized spacial score (nSPS) is 21.7. The van der Waals surface area contributed by atoms with Crippen molar-refractivity contribution < 1.29 is 4.79 Å². The van der Waals surface area contributed by atoms with E-state index in [9.17, 15) is 4.79 Å². The van der Waals surface area contributed by atoms with Crippen molar-refractivity contribution in [1.82, 2.24) is 29.4 Å². The first-order chi connectivity index (χ1) is 17.5. The molecule has 2 saturated heterocycles. The lowest BCUT2D eigenvalue weighted by Gasteiger charge is -2.32. The molecule has 2 fully saturated rings. The maximum absolute atomic E-state index is 13.5. The molecular weight excluding hydrogens is 448 g/mol. The summed E-state index contributed by atoms with van der Waals surface area (Å²) in [4.78, 5) is 27.4. The minimum Gasteiger partial charge on any atom is -0.316 e. The molecule has 0 spiro atoms. The maximum Gasteiger partial charge on any atom is 0.321 e. The van der Waals surface area contributed by atoms with Gasteiger partial charge in [-0.2, -0.15) is 0 Å². The van der Waals surface area contributed by atoms with Crippen molar-refractivity contribution in [3.8, 4) is 0 Å². The molecule has 7 heteroatoms. The van der Waals surface area contributed by atoms with Crippen LogP contribution in [0.25, 0.3) is 0 Å². The number of piperazine rings is 2. The Bertz CT molecular complexity index is 1020. The molecule has 4 aliphatic rings. The second-order valence-corrected chi connectivity index (χ2v) is 11.4. The average molecular weight is 489 g/mol. The summed E-state index contributed by atoms with van der Waals surface area (Å²) in [6, 6.07) is 13.9. The molecule has 36 heavy (non-hydrogen) atoms. The van der Waals surface area contributed by atoms with Gasteiger partial charge in [-0.1, -0.05) is 36.4 Å². The third-order valence-electron chi connectivity index (χ3n) is 8.53. The van der Waals surface area contributed by atoms with Gasteiger partial charge in [-0.05, 0) is 47.5 Å². The lowest BCUT2D eigenvalue weighted by molar-refractivity contribution is 0.148. The van der Waals surface area contributed by atoms with Crippen molar-refractivity contribution in [3.63, 3.8) is 0 Å². The van der Waals surface area contributed by atoms with Gasteiger partial charge in [0.2, 0.25) is 0 Å². The van der Waals surface area contributed by atoms with Crippen LogP contribution < -0.4 is 0 Å². The van der Waals surface area contributed by atoms with Crippen LogP contribution in [0.15, 0.2) is 36.4 Å². The van der Waals surface area contributed by atoms with Crippen molar-refractivity contribution in [1.29, 1.82) is 0 Å². The van der Waals surface area contributed by atoms with E-state index in [0.29, 0.717) is 0 Å². The largest absolute Gasteiger partial charge is 0.321 e. The number of fused-ring (bicyclic) bond motifs is 2. The minimum atomic E-state index is 0.170. The van der Waals surface area contributed by atoms with E-state index in [-0.39, 0.29) is 6.03 Å². The zero-order valence-electron chi connectivity index (χ0n) is 22.0. The molecule has 0 unspecified atom stereocenters. The number of likely N-dealkylation sites (N-methyl/N-ethyl adjacent to an activating group) is 2. The predicted octanol–water partition coefficient (Wildman–Crippen LogP) is 2.63. The van der Waals surface area contributed by atoms with Crippen molar-refractivity contribution in [2.45, 2.75) is 39.3 Å². The van der Waals surface area contributed by atoms with Crippen LogP contribution in [0, 0.1) is 0 Å². The molecule has 0 N–H and O–H groups in total. The Morgan fingerprint density at radius 2 is 0.972 bits per heavy atom. The average Bonchev–Trinajstić information content (AvgIpc) is 3.50. The van der Waals surface area contributed by atoms with E-state index in [2.05, 4.69) is 70.1 Å². The first kappa shape index (κ1) is 23.9. The third-order valence-corrected chi connectivity index (χ3v) is 8.53. The van der Waals surface area contributed by atoms with Crippen LogP contribution in [-0.4, -0.2) is 102 Å². The van der Waals surface area contributed by atoms with Gasteiger partial charge in [0.1, 0.15) is 0 Å². The van der Waals surface area contributed by atoms with Gasteiger partial charge in [-0.15, -0.1) is 0 Å². The number of benzene rings is 2. The van der Waals surface area contributed by atoms with E-state index in [0.717, 1.165) is 91.6 Å². The second kappa shape index (κ2) is 10.1. The lowest BCUT2D eigenvalue weighted by atomic mass is 10.1. The highest BCUT2D eigenvalue weighted by Crippen LogP contribution is 2.30. The summed E-state index contributed by atoms with van der Waals surface area (Å²) in [7, 11) is 4.40. The Morgan fingerprint density at radius 1 is 0.583 bits per heavy atom. The summed E-state index contributed by atoms with van der Waals surface area (Å²) < 4.78 is 0. The van der Waals surface area contributed by atoms with Crippen molar-refractivity contribution in [2.24, 2.45) is 0 Å². The van der Waals surface area contributed by atoms with Crippen LogP contribution in [0.1, 0.15) is 33.4 Å². The smallest absolute Gasteiger partial charge is 0.316 e. The van der Waals surface area contributed by atoms with Crippen LogP contribution in [0.2, 0.25) is 0 Å². The maximum atomic E-state index is 13.5. The SMILES string of the molecule is CN1CCN(Cc2ccc3c(c2)CN(C(=O)N2Cc4ccc(CN5CCN(C)CC5)cc4C2)C3)CC1. The monoisotopic (exact) mass is 488 g/mol. The molecule has 0 aliphatic carbocycles. The molecule has 192 valence electrons. The van der Waals surface area contributed by atoms with E-state index in [1.807, 2.05) is 9.80 Å². The van der Waals surface area contributed by atoms with Crippen LogP contribution in [0.4, 0.5) is 4.79 Å². The molecular formula is C29H40N6O. The molecule has 0 bridgehead atoms. The Hall–Kier alpha value is -2.45. The zero-order chi connectivity index (χ0) is 24.6. The predicted molar refractivity (Wildman–Crippen MR) is 142 cm³/mol. The number of amides is 2. The van der Waals surface area contributed by atoms with Gasteiger partial charge in [-0.25, -0.2) is 4.79 Å². The molecule has 4 aliphatic heterocycles. The summed E-state index contributed by atoms with van der Waals surface area (Å²) in [5.41, 5.74) is 7.98. The van der Waals surface area contributed by atoms with Gasteiger partial charge in [0.05, 0.1) is 0 Å². The van der Waals surface area contributed by atoms with E-state index in [4.69, 9.17) is 0 Å². The van der Waals surface area contributed by atoms with Crippen LogP contribution in [-0.2, 0) is 39.3 Å². The molecule has 4 heterocycles. The standard InChI is InChI=1S/C29H40N6O/c1-30-7-11-32(12-8-30)17-23-3-5-25-19-34(21-27(25)15-23)29(36)35-20-26-6-4-24(16-28(26)22-35)18-33-13-9-31(2)10-14-33/h3-6,15-16H,7-14,17-22H2,1-2H3. The number of hydrogen-bond donors (Lipinski definition) is 0. The molecule has 2 amide bonds. The van der Waals surface area contributed by atoms with Gasteiger partial charge in [0, 0.05) is 91.6 Å². The molecule has 2 aromatic rings. The van der Waals surface area contributed by atoms with Crippen molar-refractivity contribution in [2.75, 3.05) is 66.5 Å². The molecule has 7 nitrogen and oxygen atoms in total. The van der Waals surface area contributed by atoms with E-state index in [1.54, 1.807) is 0 Å². The topological polar surface area (TPSA) is 36.5 Å². The Balaban J connectivity index is 1.05.